The summed E-state index contributed by atoms with van der Waals surface area (Å²) in [5.74, 6) is -0.916. The van der Waals surface area contributed by atoms with E-state index in [9.17, 15) is 14.4 Å². The van der Waals surface area contributed by atoms with Crippen LogP contribution in [0, 0.1) is 0 Å². The number of piperidine rings is 1. The molecular weight excluding hydrogens is 440 g/mol. The predicted molar refractivity (Wildman–Crippen MR) is 125 cm³/mol. The summed E-state index contributed by atoms with van der Waals surface area (Å²) in [6.45, 7) is 0.428. The topological polar surface area (TPSA) is 84.3 Å². The molecule has 5 rings (SSSR count). The monoisotopic (exact) mass is 462 g/mol. The van der Waals surface area contributed by atoms with E-state index in [-0.39, 0.29) is 17.7 Å². The Labute approximate surface area is 196 Å². The van der Waals surface area contributed by atoms with E-state index in [0.717, 1.165) is 33.6 Å². The number of rotatable bonds is 4. The third-order valence-electron chi connectivity index (χ3n) is 6.32. The Balaban J connectivity index is 1.47. The van der Waals surface area contributed by atoms with Gasteiger partial charge in [-0.1, -0.05) is 35.9 Å². The number of amides is 3. The van der Waals surface area contributed by atoms with Gasteiger partial charge in [0.1, 0.15) is 0 Å². The standard InChI is InChI=1S/C25H23ClN4O3/c1-29-12-11-17(28-29)14-30-21-8-5-15(13-16(21)6-10-23(30)32)18-3-2-4-19(24(18)26)20-7-9-22(31)27-25(20)33/h2-5,8,11-13,20H,6-7,9-10,14H2,1H3,(H,27,31,33). The van der Waals surface area contributed by atoms with E-state index in [2.05, 4.69) is 16.5 Å². The highest BCUT2D eigenvalue weighted by Crippen LogP contribution is 2.39. The SMILES string of the molecule is Cn1ccc(CN2C(=O)CCc3cc(-c4cccc(C5CCC(=O)NC5=O)c4Cl)ccc32)n1. The number of anilines is 1. The van der Waals surface area contributed by atoms with Crippen molar-refractivity contribution in [2.24, 2.45) is 7.05 Å². The molecule has 0 saturated carbocycles. The van der Waals surface area contributed by atoms with Crippen molar-refractivity contribution in [1.29, 1.82) is 0 Å². The first-order valence-corrected chi connectivity index (χ1v) is 11.3. The van der Waals surface area contributed by atoms with Crippen LogP contribution in [0.5, 0.6) is 0 Å². The van der Waals surface area contributed by atoms with Crippen LogP contribution in [0.1, 0.15) is 42.0 Å². The van der Waals surface area contributed by atoms with Gasteiger partial charge in [0.15, 0.2) is 0 Å². The molecule has 1 atom stereocenters. The summed E-state index contributed by atoms with van der Waals surface area (Å²) in [4.78, 5) is 38.4. The molecular formula is C25H23ClN4O3. The molecule has 1 saturated heterocycles. The number of nitrogens with zero attached hydrogens (tertiary/aromatic N) is 3. The number of benzene rings is 2. The summed E-state index contributed by atoms with van der Waals surface area (Å²) >= 11 is 6.78. The third kappa shape index (κ3) is 4.04. The maximum Gasteiger partial charge on any atom is 0.234 e. The van der Waals surface area contributed by atoms with E-state index in [1.165, 1.54) is 0 Å². The Morgan fingerprint density at radius 3 is 2.70 bits per heavy atom. The molecule has 0 spiro atoms. The Morgan fingerprint density at radius 2 is 1.94 bits per heavy atom. The molecule has 3 heterocycles. The summed E-state index contributed by atoms with van der Waals surface area (Å²) in [6.07, 6.45) is 3.71. The number of aryl methyl sites for hydroxylation is 2. The second-order valence-electron chi connectivity index (χ2n) is 8.52. The minimum Gasteiger partial charge on any atom is -0.306 e. The first-order valence-electron chi connectivity index (χ1n) is 10.9. The number of halogens is 1. The summed E-state index contributed by atoms with van der Waals surface area (Å²) in [6, 6.07) is 13.6. The summed E-state index contributed by atoms with van der Waals surface area (Å²) < 4.78 is 1.73. The van der Waals surface area contributed by atoms with Crippen LogP contribution in [0.3, 0.4) is 0 Å². The van der Waals surface area contributed by atoms with Gasteiger partial charge >= 0.3 is 0 Å². The van der Waals surface area contributed by atoms with Crippen LogP contribution in [0.4, 0.5) is 5.69 Å². The van der Waals surface area contributed by atoms with Crippen LogP contribution in [-0.4, -0.2) is 27.5 Å². The average Bonchev–Trinajstić information content (AvgIpc) is 3.21. The second-order valence-corrected chi connectivity index (χ2v) is 8.89. The summed E-state index contributed by atoms with van der Waals surface area (Å²) in [5, 5.41) is 7.33. The molecule has 0 radical (unpaired) electrons. The van der Waals surface area contributed by atoms with E-state index < -0.39 is 5.92 Å². The van der Waals surface area contributed by atoms with Gasteiger partial charge in [0, 0.05) is 37.3 Å². The zero-order chi connectivity index (χ0) is 23.1. The maximum absolute atomic E-state index is 12.7. The summed E-state index contributed by atoms with van der Waals surface area (Å²) in [7, 11) is 1.86. The number of carbonyl (C=O) groups is 3. The van der Waals surface area contributed by atoms with Gasteiger partial charge < -0.3 is 4.90 Å². The molecule has 8 heteroatoms. The van der Waals surface area contributed by atoms with Crippen molar-refractivity contribution in [1.82, 2.24) is 15.1 Å². The van der Waals surface area contributed by atoms with Gasteiger partial charge in [-0.05, 0) is 47.7 Å². The second kappa shape index (κ2) is 8.48. The average molecular weight is 463 g/mol. The third-order valence-corrected chi connectivity index (χ3v) is 6.74. The molecule has 2 aromatic carbocycles. The van der Waals surface area contributed by atoms with Gasteiger partial charge in [-0.3, -0.25) is 24.4 Å². The molecule has 0 aliphatic carbocycles. The number of nitrogens with one attached hydrogen (secondary N) is 1. The van der Waals surface area contributed by atoms with Crippen molar-refractivity contribution < 1.29 is 14.4 Å². The van der Waals surface area contributed by atoms with Crippen molar-refractivity contribution >= 4 is 35.0 Å². The Morgan fingerprint density at radius 1 is 1.09 bits per heavy atom. The van der Waals surface area contributed by atoms with Crippen LogP contribution >= 0.6 is 11.6 Å². The van der Waals surface area contributed by atoms with Crippen molar-refractivity contribution in [3.05, 3.63) is 70.5 Å². The van der Waals surface area contributed by atoms with Crippen LogP contribution in [-0.2, 0) is 34.4 Å². The number of aromatic nitrogens is 2. The Hall–Kier alpha value is -3.45. The number of hydrogen-bond acceptors (Lipinski definition) is 4. The number of imide groups is 1. The van der Waals surface area contributed by atoms with E-state index in [1.807, 2.05) is 49.6 Å². The van der Waals surface area contributed by atoms with Gasteiger partial charge in [-0.2, -0.15) is 5.10 Å². The lowest BCUT2D eigenvalue weighted by Gasteiger charge is -2.29. The highest BCUT2D eigenvalue weighted by atomic mass is 35.5. The van der Waals surface area contributed by atoms with Crippen LogP contribution < -0.4 is 10.2 Å². The summed E-state index contributed by atoms with van der Waals surface area (Å²) in [5.41, 5.74) is 5.28. The maximum atomic E-state index is 12.7. The normalized spacial score (nSPS) is 18.3. The quantitative estimate of drug-likeness (QED) is 0.598. The fraction of sp³-hybridized carbons (Fsp3) is 0.280. The number of fused-ring (bicyclic) bond motifs is 1. The molecule has 1 aromatic heterocycles. The smallest absolute Gasteiger partial charge is 0.234 e. The fourth-order valence-corrected chi connectivity index (χ4v) is 5.01. The lowest BCUT2D eigenvalue weighted by molar-refractivity contribution is -0.134. The van der Waals surface area contributed by atoms with E-state index >= 15 is 0 Å². The Kier molecular flexibility index (Phi) is 5.50. The van der Waals surface area contributed by atoms with E-state index in [4.69, 9.17) is 11.6 Å². The first kappa shape index (κ1) is 21.4. The molecule has 33 heavy (non-hydrogen) atoms. The molecule has 0 bridgehead atoms. The van der Waals surface area contributed by atoms with Gasteiger partial charge in [0.05, 0.1) is 23.2 Å². The minimum absolute atomic E-state index is 0.0822. The van der Waals surface area contributed by atoms with Gasteiger partial charge in [0.25, 0.3) is 0 Å². The highest BCUT2D eigenvalue weighted by molar-refractivity contribution is 6.34. The van der Waals surface area contributed by atoms with Crippen LogP contribution in [0.2, 0.25) is 5.02 Å². The van der Waals surface area contributed by atoms with Crippen molar-refractivity contribution in [2.75, 3.05) is 4.90 Å². The van der Waals surface area contributed by atoms with Crippen LogP contribution in [0.15, 0.2) is 48.7 Å². The number of hydrogen-bond donors (Lipinski definition) is 1. The first-order chi connectivity index (χ1) is 15.9. The molecule has 168 valence electrons. The van der Waals surface area contributed by atoms with Crippen molar-refractivity contribution in [3.63, 3.8) is 0 Å². The van der Waals surface area contributed by atoms with Gasteiger partial charge in [0.2, 0.25) is 17.7 Å². The van der Waals surface area contributed by atoms with E-state index in [1.54, 1.807) is 9.58 Å². The molecule has 1 fully saturated rings. The molecule has 2 aliphatic heterocycles. The molecule has 2 aliphatic rings. The lowest BCUT2D eigenvalue weighted by Crippen LogP contribution is -2.39. The van der Waals surface area contributed by atoms with Crippen molar-refractivity contribution in [2.45, 2.75) is 38.1 Å². The van der Waals surface area contributed by atoms with Gasteiger partial charge in [-0.25, -0.2) is 0 Å². The van der Waals surface area contributed by atoms with Gasteiger partial charge in [-0.15, -0.1) is 0 Å². The zero-order valence-corrected chi connectivity index (χ0v) is 18.9. The molecule has 1 unspecified atom stereocenters. The van der Waals surface area contributed by atoms with Crippen molar-refractivity contribution in [3.8, 4) is 11.1 Å². The lowest BCUT2D eigenvalue weighted by atomic mass is 9.88. The molecule has 3 amide bonds. The zero-order valence-electron chi connectivity index (χ0n) is 18.2. The minimum atomic E-state index is -0.445. The molecule has 7 nitrogen and oxygen atoms in total. The fourth-order valence-electron chi connectivity index (χ4n) is 4.64. The Bertz CT molecular complexity index is 1280. The van der Waals surface area contributed by atoms with Crippen LogP contribution in [0.25, 0.3) is 11.1 Å². The largest absolute Gasteiger partial charge is 0.306 e. The predicted octanol–water partition coefficient (Wildman–Crippen LogP) is 3.74. The highest BCUT2D eigenvalue weighted by Gasteiger charge is 2.30. The van der Waals surface area contributed by atoms with E-state index in [0.29, 0.717) is 37.3 Å². The molecule has 3 aromatic rings. The number of carbonyl (C=O) groups excluding carboxylic acids is 3. The molecule has 1 N–H and O–H groups in total.